The average Bonchev–Trinajstić information content (AvgIpc) is 2.94. The minimum Gasteiger partial charge on any atom is -0.494 e. The molecule has 1 aliphatic rings. The van der Waals surface area contributed by atoms with Crippen LogP contribution in [-0.4, -0.2) is 26.4 Å². The fraction of sp³-hybridized carbons (Fsp3) is 0.625. The summed E-state index contributed by atoms with van der Waals surface area (Å²) in [5, 5.41) is 3.66. The van der Waals surface area contributed by atoms with E-state index < -0.39 is 0 Å². The molecule has 2 unspecified atom stereocenters. The zero-order valence-electron chi connectivity index (χ0n) is 12.0. The number of nitrogens with one attached hydrogen (secondary N) is 1. The van der Waals surface area contributed by atoms with Crippen LogP contribution in [0, 0.1) is 5.92 Å². The smallest absolute Gasteiger partial charge is 0.119 e. The van der Waals surface area contributed by atoms with Crippen LogP contribution in [0.25, 0.3) is 0 Å². The van der Waals surface area contributed by atoms with Gasteiger partial charge in [-0.05, 0) is 44.0 Å². The molecule has 0 amide bonds. The lowest BCUT2D eigenvalue weighted by molar-refractivity contribution is 0.176. The quantitative estimate of drug-likeness (QED) is 0.819. The molecule has 0 spiro atoms. The van der Waals surface area contributed by atoms with Gasteiger partial charge in [0.2, 0.25) is 0 Å². The summed E-state index contributed by atoms with van der Waals surface area (Å²) in [7, 11) is 0. The van der Waals surface area contributed by atoms with Crippen LogP contribution < -0.4 is 10.1 Å². The number of hydrogen-bond donors (Lipinski definition) is 1. The van der Waals surface area contributed by atoms with E-state index in [9.17, 15) is 0 Å². The predicted octanol–water partition coefficient (Wildman–Crippen LogP) is 3.16. The van der Waals surface area contributed by atoms with E-state index in [0.717, 1.165) is 38.3 Å². The summed E-state index contributed by atoms with van der Waals surface area (Å²) < 4.78 is 11.2. The Hall–Kier alpha value is -1.06. The minimum atomic E-state index is 0.378. The van der Waals surface area contributed by atoms with Gasteiger partial charge < -0.3 is 14.8 Å². The highest BCUT2D eigenvalue weighted by Crippen LogP contribution is 2.30. The second-order valence-electron chi connectivity index (χ2n) is 5.06. The van der Waals surface area contributed by atoms with Crippen LogP contribution in [0.15, 0.2) is 24.3 Å². The van der Waals surface area contributed by atoms with E-state index in [1.807, 2.05) is 13.0 Å². The topological polar surface area (TPSA) is 30.5 Å². The molecule has 0 saturated carbocycles. The Morgan fingerprint density at radius 1 is 1.42 bits per heavy atom. The van der Waals surface area contributed by atoms with E-state index in [1.165, 1.54) is 5.56 Å². The first-order chi connectivity index (χ1) is 9.35. The third-order valence-corrected chi connectivity index (χ3v) is 3.58. The molecule has 0 radical (unpaired) electrons. The zero-order valence-corrected chi connectivity index (χ0v) is 12.0. The van der Waals surface area contributed by atoms with Crippen LogP contribution in [0.1, 0.15) is 38.3 Å². The lowest BCUT2D eigenvalue weighted by Gasteiger charge is -2.24. The maximum atomic E-state index is 5.60. The molecule has 0 aliphatic carbocycles. The van der Waals surface area contributed by atoms with Crippen LogP contribution in [0.2, 0.25) is 0 Å². The summed E-state index contributed by atoms with van der Waals surface area (Å²) in [6.45, 7) is 7.72. The van der Waals surface area contributed by atoms with Gasteiger partial charge in [-0.3, -0.25) is 0 Å². The lowest BCUT2D eigenvalue weighted by Crippen LogP contribution is -2.29. The molecule has 2 rings (SSSR count). The average molecular weight is 263 g/mol. The van der Waals surface area contributed by atoms with E-state index >= 15 is 0 Å². The normalized spacial score (nSPS) is 20.4. The highest BCUT2D eigenvalue weighted by atomic mass is 16.5. The van der Waals surface area contributed by atoms with Crippen LogP contribution in [-0.2, 0) is 4.74 Å². The molecule has 0 bridgehead atoms. The van der Waals surface area contributed by atoms with Gasteiger partial charge in [0.1, 0.15) is 5.75 Å². The number of ether oxygens (including phenoxy) is 2. The van der Waals surface area contributed by atoms with E-state index in [2.05, 4.69) is 30.4 Å². The molecule has 1 heterocycles. The third-order valence-electron chi connectivity index (χ3n) is 3.58. The highest BCUT2D eigenvalue weighted by molar-refractivity contribution is 5.31. The van der Waals surface area contributed by atoms with Crippen molar-refractivity contribution in [1.82, 2.24) is 5.32 Å². The molecule has 106 valence electrons. The fourth-order valence-electron chi connectivity index (χ4n) is 2.64. The Morgan fingerprint density at radius 2 is 2.32 bits per heavy atom. The van der Waals surface area contributed by atoms with Gasteiger partial charge in [-0.1, -0.05) is 19.1 Å². The van der Waals surface area contributed by atoms with E-state index in [1.54, 1.807) is 0 Å². The Balaban J connectivity index is 2.13. The summed E-state index contributed by atoms with van der Waals surface area (Å²) in [6, 6.07) is 8.83. The monoisotopic (exact) mass is 263 g/mol. The van der Waals surface area contributed by atoms with Gasteiger partial charge in [0.25, 0.3) is 0 Å². The number of benzene rings is 1. The zero-order chi connectivity index (χ0) is 13.5. The van der Waals surface area contributed by atoms with Crippen molar-refractivity contribution in [2.75, 3.05) is 26.4 Å². The van der Waals surface area contributed by atoms with Crippen molar-refractivity contribution >= 4 is 0 Å². The van der Waals surface area contributed by atoms with Crippen molar-refractivity contribution in [1.29, 1.82) is 0 Å². The molecule has 3 nitrogen and oxygen atoms in total. The maximum Gasteiger partial charge on any atom is 0.119 e. The van der Waals surface area contributed by atoms with Crippen LogP contribution >= 0.6 is 0 Å². The third kappa shape index (κ3) is 3.95. The summed E-state index contributed by atoms with van der Waals surface area (Å²) in [6.07, 6.45) is 2.29. The molecule has 3 heteroatoms. The second kappa shape index (κ2) is 7.51. The van der Waals surface area contributed by atoms with Gasteiger partial charge in [-0.25, -0.2) is 0 Å². The Bertz CT molecular complexity index is 375. The minimum absolute atomic E-state index is 0.378. The molecule has 1 aliphatic heterocycles. The van der Waals surface area contributed by atoms with Crippen LogP contribution in [0.5, 0.6) is 5.75 Å². The summed E-state index contributed by atoms with van der Waals surface area (Å²) in [5.74, 6) is 1.53. The van der Waals surface area contributed by atoms with Crippen molar-refractivity contribution in [3.63, 3.8) is 0 Å². The van der Waals surface area contributed by atoms with E-state index in [0.29, 0.717) is 18.6 Å². The van der Waals surface area contributed by atoms with Crippen molar-refractivity contribution < 1.29 is 9.47 Å². The highest BCUT2D eigenvalue weighted by Gasteiger charge is 2.26. The van der Waals surface area contributed by atoms with E-state index in [4.69, 9.17) is 9.47 Å². The van der Waals surface area contributed by atoms with E-state index in [-0.39, 0.29) is 0 Å². The predicted molar refractivity (Wildman–Crippen MR) is 77.6 cm³/mol. The van der Waals surface area contributed by atoms with Gasteiger partial charge >= 0.3 is 0 Å². The standard InChI is InChI=1S/C16H25NO2/c1-3-9-17-16(14-8-10-18-12-14)13-6-5-7-15(11-13)19-4-2/h5-7,11,14,16-17H,3-4,8-10,12H2,1-2H3. The molecule has 1 aromatic carbocycles. The number of rotatable bonds is 7. The van der Waals surface area contributed by atoms with Crippen molar-refractivity contribution in [2.24, 2.45) is 5.92 Å². The first-order valence-electron chi connectivity index (χ1n) is 7.39. The first kappa shape index (κ1) is 14.4. The van der Waals surface area contributed by atoms with Gasteiger partial charge in [0, 0.05) is 18.6 Å². The molecular formula is C16H25NO2. The maximum absolute atomic E-state index is 5.60. The van der Waals surface area contributed by atoms with Crippen LogP contribution in [0.4, 0.5) is 0 Å². The molecular weight excluding hydrogens is 238 g/mol. The molecule has 1 saturated heterocycles. The second-order valence-corrected chi connectivity index (χ2v) is 5.06. The van der Waals surface area contributed by atoms with Crippen molar-refractivity contribution in [3.8, 4) is 5.75 Å². The summed E-state index contributed by atoms with van der Waals surface area (Å²) in [4.78, 5) is 0. The largest absolute Gasteiger partial charge is 0.494 e. The summed E-state index contributed by atoms with van der Waals surface area (Å²) >= 11 is 0. The van der Waals surface area contributed by atoms with Gasteiger partial charge in [-0.15, -0.1) is 0 Å². The Labute approximate surface area is 116 Å². The molecule has 1 aromatic rings. The SMILES string of the molecule is CCCNC(c1cccc(OCC)c1)C1CCOC1. The van der Waals surface area contributed by atoms with Gasteiger partial charge in [0.15, 0.2) is 0 Å². The lowest BCUT2D eigenvalue weighted by atomic mass is 9.92. The molecule has 19 heavy (non-hydrogen) atoms. The van der Waals surface area contributed by atoms with Gasteiger partial charge in [0.05, 0.1) is 13.2 Å². The fourth-order valence-corrected chi connectivity index (χ4v) is 2.64. The van der Waals surface area contributed by atoms with Crippen molar-refractivity contribution in [2.45, 2.75) is 32.7 Å². The Morgan fingerprint density at radius 3 is 3.00 bits per heavy atom. The Kier molecular flexibility index (Phi) is 5.67. The first-order valence-corrected chi connectivity index (χ1v) is 7.39. The number of hydrogen-bond acceptors (Lipinski definition) is 3. The molecule has 1 fully saturated rings. The van der Waals surface area contributed by atoms with Crippen LogP contribution in [0.3, 0.4) is 0 Å². The van der Waals surface area contributed by atoms with Gasteiger partial charge in [-0.2, -0.15) is 0 Å². The summed E-state index contributed by atoms with van der Waals surface area (Å²) in [5.41, 5.74) is 1.31. The van der Waals surface area contributed by atoms with Crippen molar-refractivity contribution in [3.05, 3.63) is 29.8 Å². The molecule has 1 N–H and O–H groups in total. The molecule has 2 atom stereocenters. The molecule has 0 aromatic heterocycles.